The minimum Gasteiger partial charge on any atom is -0.373 e. The lowest BCUT2D eigenvalue weighted by atomic mass is 10.4. The highest BCUT2D eigenvalue weighted by atomic mass is 16.6. The van der Waals surface area contributed by atoms with Crippen LogP contribution >= 0.6 is 0 Å². The van der Waals surface area contributed by atoms with E-state index in [2.05, 4.69) is 20.8 Å². The minimum absolute atomic E-state index is 0.551. The second-order valence-corrected chi connectivity index (χ2v) is 2.69. The van der Waals surface area contributed by atoms with Gasteiger partial charge in [0, 0.05) is 0 Å². The lowest BCUT2D eigenvalue weighted by molar-refractivity contribution is 0.389. The van der Waals surface area contributed by atoms with Gasteiger partial charge in [0.1, 0.15) is 0 Å². The van der Waals surface area contributed by atoms with E-state index >= 15 is 0 Å². The molecule has 0 aromatic rings. The fraction of sp³-hybridized carbons (Fsp3) is 1.00. The Labute approximate surface area is 83.6 Å². The Kier molecular flexibility index (Phi) is 11.8. The zero-order valence-electron chi connectivity index (χ0n) is 10.3. The smallest absolute Gasteiger partial charge is 0.0811 e. The Hall–Kier alpha value is -0.0800. The van der Waals surface area contributed by atoms with Crippen molar-refractivity contribution in [3.8, 4) is 0 Å². The molecule has 3 atom stereocenters. The number of hydrogen-bond donors (Lipinski definition) is 0. The van der Waals surface area contributed by atoms with Crippen molar-refractivity contribution >= 4 is 0 Å². The Balaban J connectivity index is 0. The molecular formula is C11H26O2. The summed E-state index contributed by atoms with van der Waals surface area (Å²) in [6.07, 6.45) is 1.69. The van der Waals surface area contributed by atoms with E-state index < -0.39 is 0 Å². The van der Waals surface area contributed by atoms with Gasteiger partial charge in [-0.3, -0.25) is 0 Å². The molecule has 3 unspecified atom stereocenters. The summed E-state index contributed by atoms with van der Waals surface area (Å²) in [4.78, 5) is 0. The highest BCUT2D eigenvalue weighted by molar-refractivity contribution is 4.73. The molecule has 0 aromatic heterocycles. The van der Waals surface area contributed by atoms with Crippen LogP contribution in [0, 0.1) is 0 Å². The van der Waals surface area contributed by atoms with Gasteiger partial charge in [0.15, 0.2) is 0 Å². The Morgan fingerprint density at radius 2 is 1.00 bits per heavy atom. The lowest BCUT2D eigenvalue weighted by Crippen LogP contribution is -1.74. The van der Waals surface area contributed by atoms with Gasteiger partial charge in [-0.25, -0.2) is 0 Å². The Bertz CT molecular complexity index is 84.1. The molecule has 0 N–H and O–H groups in total. The van der Waals surface area contributed by atoms with Gasteiger partial charge < -0.3 is 9.47 Å². The van der Waals surface area contributed by atoms with Crippen molar-refractivity contribution in [1.29, 1.82) is 0 Å². The van der Waals surface area contributed by atoms with Gasteiger partial charge >= 0.3 is 0 Å². The first-order chi connectivity index (χ1) is 6.20. The predicted molar refractivity (Wildman–Crippen MR) is 58.1 cm³/mol. The van der Waals surface area contributed by atoms with E-state index in [-0.39, 0.29) is 0 Å². The maximum atomic E-state index is 4.92. The van der Waals surface area contributed by atoms with Crippen LogP contribution in [0.25, 0.3) is 0 Å². The molecule has 13 heavy (non-hydrogen) atoms. The van der Waals surface area contributed by atoms with Crippen LogP contribution in [0.4, 0.5) is 0 Å². The molecule has 0 bridgehead atoms. The molecule has 2 rings (SSSR count). The molecule has 0 saturated carbocycles. The van der Waals surface area contributed by atoms with Crippen molar-refractivity contribution in [2.45, 2.75) is 66.8 Å². The summed E-state index contributed by atoms with van der Waals surface area (Å²) in [7, 11) is 0. The van der Waals surface area contributed by atoms with E-state index in [1.165, 1.54) is 0 Å². The zero-order valence-corrected chi connectivity index (χ0v) is 10.3. The first-order valence-electron chi connectivity index (χ1n) is 5.47. The van der Waals surface area contributed by atoms with Crippen LogP contribution in [-0.2, 0) is 9.47 Å². The summed E-state index contributed by atoms with van der Waals surface area (Å²) >= 11 is 0. The lowest BCUT2D eigenvalue weighted by Gasteiger charge is -1.57. The number of epoxide rings is 2. The second-order valence-electron chi connectivity index (χ2n) is 2.69. The summed E-state index contributed by atoms with van der Waals surface area (Å²) in [5.41, 5.74) is 0. The summed E-state index contributed by atoms with van der Waals surface area (Å²) in [6.45, 7) is 15.2. The third-order valence-electron chi connectivity index (χ3n) is 1.51. The van der Waals surface area contributed by atoms with E-state index in [9.17, 15) is 0 Å². The number of ether oxygens (including phenoxy) is 2. The normalized spacial score (nSPS) is 32.1. The second kappa shape index (κ2) is 10.0. The minimum atomic E-state index is 0.551. The van der Waals surface area contributed by atoms with Gasteiger partial charge in [0.2, 0.25) is 0 Å². The van der Waals surface area contributed by atoms with Crippen molar-refractivity contribution < 1.29 is 9.47 Å². The summed E-state index contributed by atoms with van der Waals surface area (Å²) in [5, 5.41) is 0. The van der Waals surface area contributed by atoms with Crippen molar-refractivity contribution in [3.63, 3.8) is 0 Å². The standard InChI is InChI=1S/C4H8O.C3H6O.2C2H6/c1-3-4(2)5-3;1-3-2-4-3;2*1-2/h3-4H,1-2H3;3H,2H2,1H3;2*1-2H3. The van der Waals surface area contributed by atoms with Crippen molar-refractivity contribution in [3.05, 3.63) is 0 Å². The number of hydrogen-bond acceptors (Lipinski definition) is 2. The highest BCUT2D eigenvalue weighted by Gasteiger charge is 2.27. The molecule has 0 radical (unpaired) electrons. The zero-order chi connectivity index (χ0) is 10.9. The largest absolute Gasteiger partial charge is 0.373 e. The van der Waals surface area contributed by atoms with Crippen molar-refractivity contribution in [1.82, 2.24) is 0 Å². The van der Waals surface area contributed by atoms with E-state index in [0.717, 1.165) is 6.61 Å². The fourth-order valence-corrected chi connectivity index (χ4v) is 0.389. The van der Waals surface area contributed by atoms with Gasteiger partial charge in [-0.15, -0.1) is 0 Å². The molecule has 0 amide bonds. The third-order valence-corrected chi connectivity index (χ3v) is 1.51. The van der Waals surface area contributed by atoms with E-state index in [1.54, 1.807) is 0 Å². The Morgan fingerprint density at radius 3 is 1.00 bits per heavy atom. The van der Waals surface area contributed by atoms with Crippen LogP contribution in [-0.4, -0.2) is 24.9 Å². The predicted octanol–water partition coefficient (Wildman–Crippen LogP) is 3.25. The number of rotatable bonds is 0. The van der Waals surface area contributed by atoms with Gasteiger partial charge in [0.25, 0.3) is 0 Å². The molecule has 2 nitrogen and oxygen atoms in total. The topological polar surface area (TPSA) is 25.1 Å². The molecule has 2 heterocycles. The van der Waals surface area contributed by atoms with Crippen LogP contribution in [0.3, 0.4) is 0 Å². The molecule has 2 heteroatoms. The van der Waals surface area contributed by atoms with Gasteiger partial charge in [0.05, 0.1) is 24.9 Å². The molecule has 0 aliphatic carbocycles. The molecule has 2 fully saturated rings. The molecule has 2 aliphatic heterocycles. The molecule has 2 saturated heterocycles. The highest BCUT2D eigenvalue weighted by Crippen LogP contribution is 2.18. The summed E-state index contributed by atoms with van der Waals surface area (Å²) < 4.78 is 9.62. The van der Waals surface area contributed by atoms with Crippen LogP contribution in [0.1, 0.15) is 48.5 Å². The van der Waals surface area contributed by atoms with Crippen LogP contribution in [0.2, 0.25) is 0 Å². The van der Waals surface area contributed by atoms with E-state index in [4.69, 9.17) is 9.47 Å². The van der Waals surface area contributed by atoms with E-state index in [0.29, 0.717) is 18.3 Å². The van der Waals surface area contributed by atoms with Gasteiger partial charge in [-0.1, -0.05) is 27.7 Å². The summed E-state index contributed by atoms with van der Waals surface area (Å²) in [5.74, 6) is 0. The first kappa shape index (κ1) is 15.4. The summed E-state index contributed by atoms with van der Waals surface area (Å²) in [6, 6.07) is 0. The maximum absolute atomic E-state index is 4.92. The van der Waals surface area contributed by atoms with Crippen molar-refractivity contribution in [2.24, 2.45) is 0 Å². The first-order valence-corrected chi connectivity index (χ1v) is 5.47. The Morgan fingerprint density at radius 1 is 0.846 bits per heavy atom. The molecule has 2 aliphatic rings. The SMILES string of the molecule is CC.CC.CC1CO1.CC1OC1C. The van der Waals surface area contributed by atoms with Crippen LogP contribution in [0.5, 0.6) is 0 Å². The van der Waals surface area contributed by atoms with Crippen LogP contribution in [0.15, 0.2) is 0 Å². The average molecular weight is 190 g/mol. The third kappa shape index (κ3) is 14.7. The molecule has 0 aromatic carbocycles. The fourth-order valence-electron chi connectivity index (χ4n) is 0.389. The molecule has 0 spiro atoms. The average Bonchev–Trinajstić information content (AvgIpc) is 3.06. The van der Waals surface area contributed by atoms with Gasteiger partial charge in [-0.05, 0) is 20.8 Å². The molecular weight excluding hydrogens is 164 g/mol. The quantitative estimate of drug-likeness (QED) is 0.548. The van der Waals surface area contributed by atoms with Gasteiger partial charge in [-0.2, -0.15) is 0 Å². The maximum Gasteiger partial charge on any atom is 0.0811 e. The van der Waals surface area contributed by atoms with Crippen molar-refractivity contribution in [2.75, 3.05) is 6.61 Å². The van der Waals surface area contributed by atoms with E-state index in [1.807, 2.05) is 27.7 Å². The monoisotopic (exact) mass is 190 g/mol. The molecule has 82 valence electrons. The van der Waals surface area contributed by atoms with Crippen LogP contribution < -0.4 is 0 Å².